The van der Waals surface area contributed by atoms with Gasteiger partial charge in [-0.05, 0) is 47.6 Å². The van der Waals surface area contributed by atoms with E-state index in [-0.39, 0.29) is 5.41 Å². The van der Waals surface area contributed by atoms with E-state index in [0.717, 1.165) is 19.3 Å². The van der Waals surface area contributed by atoms with Crippen molar-refractivity contribution in [2.24, 2.45) is 5.92 Å². The van der Waals surface area contributed by atoms with Gasteiger partial charge in [0.25, 0.3) is 0 Å². The summed E-state index contributed by atoms with van der Waals surface area (Å²) in [4.78, 5) is 10.8. The minimum Gasteiger partial charge on any atom is -0.481 e. The van der Waals surface area contributed by atoms with Gasteiger partial charge in [0.15, 0.2) is 0 Å². The fourth-order valence-electron chi connectivity index (χ4n) is 3.07. The van der Waals surface area contributed by atoms with Crippen LogP contribution in [0.5, 0.6) is 0 Å². The highest BCUT2D eigenvalue weighted by molar-refractivity contribution is 5.67. The molecule has 19 heavy (non-hydrogen) atoms. The van der Waals surface area contributed by atoms with Gasteiger partial charge in [-0.2, -0.15) is 0 Å². The van der Waals surface area contributed by atoms with E-state index in [0.29, 0.717) is 18.3 Å². The first kappa shape index (κ1) is 14.1. The van der Waals surface area contributed by atoms with Crippen molar-refractivity contribution in [2.45, 2.75) is 57.8 Å². The second-order valence-corrected chi connectivity index (χ2v) is 6.85. The number of hydrogen-bond donors (Lipinski definition) is 1. The zero-order valence-electron chi connectivity index (χ0n) is 12.1. The molecular weight excluding hydrogens is 236 g/mol. The van der Waals surface area contributed by atoms with Crippen molar-refractivity contribution in [3.63, 3.8) is 0 Å². The predicted octanol–water partition coefficient (Wildman–Crippen LogP) is 4.34. The van der Waals surface area contributed by atoms with Gasteiger partial charge in [-0.3, -0.25) is 4.79 Å². The zero-order chi connectivity index (χ0) is 14.0. The van der Waals surface area contributed by atoms with E-state index in [9.17, 15) is 4.79 Å². The maximum atomic E-state index is 10.8. The molecule has 1 aliphatic rings. The summed E-state index contributed by atoms with van der Waals surface area (Å²) in [5.74, 6) is 0.261. The lowest BCUT2D eigenvalue weighted by Crippen LogP contribution is -2.11. The van der Waals surface area contributed by atoms with Crippen molar-refractivity contribution in [3.05, 3.63) is 35.4 Å². The molecule has 0 amide bonds. The number of carboxylic acids is 1. The maximum Gasteiger partial charge on any atom is 0.303 e. The van der Waals surface area contributed by atoms with Gasteiger partial charge in [0, 0.05) is 6.42 Å². The van der Waals surface area contributed by atoms with Crippen LogP contribution in [0.1, 0.15) is 63.5 Å². The molecule has 1 N–H and O–H groups in total. The topological polar surface area (TPSA) is 37.3 Å². The molecule has 0 radical (unpaired) electrons. The highest BCUT2D eigenvalue weighted by Gasteiger charge is 2.27. The Kier molecular flexibility index (Phi) is 3.98. The van der Waals surface area contributed by atoms with Crippen LogP contribution >= 0.6 is 0 Å². The molecule has 0 heterocycles. The number of rotatable bonds is 3. The van der Waals surface area contributed by atoms with Gasteiger partial charge in [-0.15, -0.1) is 0 Å². The molecule has 1 aromatic carbocycles. The summed E-state index contributed by atoms with van der Waals surface area (Å²) in [6.07, 6.45) is 3.54. The first-order chi connectivity index (χ1) is 8.86. The summed E-state index contributed by atoms with van der Waals surface area (Å²) < 4.78 is 0. The van der Waals surface area contributed by atoms with Gasteiger partial charge < -0.3 is 5.11 Å². The summed E-state index contributed by atoms with van der Waals surface area (Å²) in [5, 5.41) is 8.86. The highest BCUT2D eigenvalue weighted by Crippen LogP contribution is 2.40. The van der Waals surface area contributed by atoms with Crippen LogP contribution in [-0.4, -0.2) is 11.1 Å². The average molecular weight is 260 g/mol. The minimum atomic E-state index is -0.659. The summed E-state index contributed by atoms with van der Waals surface area (Å²) in [5.41, 5.74) is 2.93. The molecule has 2 nitrogen and oxygen atoms in total. The fraction of sp³-hybridized carbons (Fsp3) is 0.588. The molecule has 1 aromatic rings. The number of carbonyl (C=O) groups is 1. The SMILES string of the molecule is CC(C)(C)c1ccc([C@@H]2CCC(CC(=O)O)C2)cc1. The third-order valence-corrected chi connectivity index (χ3v) is 4.25. The minimum absolute atomic E-state index is 0.194. The lowest BCUT2D eigenvalue weighted by Gasteiger charge is -2.20. The van der Waals surface area contributed by atoms with Crippen molar-refractivity contribution in [1.82, 2.24) is 0 Å². The summed E-state index contributed by atoms with van der Waals surface area (Å²) in [6.45, 7) is 6.67. The van der Waals surface area contributed by atoms with Gasteiger partial charge in [0.1, 0.15) is 0 Å². The Morgan fingerprint density at radius 1 is 1.21 bits per heavy atom. The number of carboxylic acid groups (broad SMARTS) is 1. The summed E-state index contributed by atoms with van der Waals surface area (Å²) in [7, 11) is 0. The first-order valence-corrected chi connectivity index (χ1v) is 7.18. The Labute approximate surface area is 115 Å². The lowest BCUT2D eigenvalue weighted by molar-refractivity contribution is -0.138. The summed E-state index contributed by atoms with van der Waals surface area (Å²) >= 11 is 0. The van der Waals surface area contributed by atoms with Gasteiger partial charge in [-0.25, -0.2) is 0 Å². The molecule has 2 atom stereocenters. The van der Waals surface area contributed by atoms with Crippen LogP contribution in [0.3, 0.4) is 0 Å². The average Bonchev–Trinajstić information content (AvgIpc) is 2.75. The van der Waals surface area contributed by atoms with Crippen LogP contribution in [0.15, 0.2) is 24.3 Å². The van der Waals surface area contributed by atoms with Crippen molar-refractivity contribution < 1.29 is 9.90 Å². The normalized spacial score (nSPS) is 23.5. The van der Waals surface area contributed by atoms with E-state index < -0.39 is 5.97 Å². The van der Waals surface area contributed by atoms with Gasteiger partial charge in [-0.1, -0.05) is 45.0 Å². The molecule has 0 saturated heterocycles. The van der Waals surface area contributed by atoms with E-state index in [1.165, 1.54) is 11.1 Å². The van der Waals surface area contributed by atoms with E-state index in [1.807, 2.05) is 0 Å². The van der Waals surface area contributed by atoms with Crippen molar-refractivity contribution >= 4 is 5.97 Å². The van der Waals surface area contributed by atoms with Crippen LogP contribution in [0, 0.1) is 5.92 Å². The number of aliphatic carboxylic acids is 1. The molecular formula is C17H24O2. The zero-order valence-corrected chi connectivity index (χ0v) is 12.1. The molecule has 2 rings (SSSR count). The molecule has 0 aromatic heterocycles. The van der Waals surface area contributed by atoms with E-state index in [4.69, 9.17) is 5.11 Å². The van der Waals surface area contributed by atoms with Crippen molar-refractivity contribution in [3.8, 4) is 0 Å². The molecule has 1 unspecified atom stereocenters. The smallest absolute Gasteiger partial charge is 0.303 e. The Balaban J connectivity index is 2.02. The number of hydrogen-bond acceptors (Lipinski definition) is 1. The Bertz CT molecular complexity index is 439. The second kappa shape index (κ2) is 5.36. The summed E-state index contributed by atoms with van der Waals surface area (Å²) in [6, 6.07) is 8.91. The molecule has 0 spiro atoms. The molecule has 1 fully saturated rings. The van der Waals surface area contributed by atoms with E-state index >= 15 is 0 Å². The van der Waals surface area contributed by atoms with Crippen LogP contribution in [0.2, 0.25) is 0 Å². The quantitative estimate of drug-likeness (QED) is 0.877. The Morgan fingerprint density at radius 2 is 1.84 bits per heavy atom. The largest absolute Gasteiger partial charge is 0.481 e. The van der Waals surface area contributed by atoms with E-state index in [1.54, 1.807) is 0 Å². The van der Waals surface area contributed by atoms with Crippen LogP contribution in [0.25, 0.3) is 0 Å². The second-order valence-electron chi connectivity index (χ2n) is 6.85. The van der Waals surface area contributed by atoms with Crippen LogP contribution in [0.4, 0.5) is 0 Å². The van der Waals surface area contributed by atoms with Gasteiger partial charge >= 0.3 is 5.97 Å². The Hall–Kier alpha value is -1.31. The lowest BCUT2D eigenvalue weighted by atomic mass is 9.85. The maximum absolute atomic E-state index is 10.8. The molecule has 104 valence electrons. The first-order valence-electron chi connectivity index (χ1n) is 7.18. The van der Waals surface area contributed by atoms with E-state index in [2.05, 4.69) is 45.0 Å². The van der Waals surface area contributed by atoms with Gasteiger partial charge in [0.2, 0.25) is 0 Å². The monoisotopic (exact) mass is 260 g/mol. The molecule has 0 bridgehead atoms. The third kappa shape index (κ3) is 3.59. The standard InChI is InChI=1S/C17H24O2/c1-17(2,3)15-8-6-13(7-9-15)14-5-4-12(10-14)11-16(18)19/h6-9,12,14H,4-5,10-11H2,1-3H3,(H,18,19)/t12?,14-/m1/s1. The molecule has 1 saturated carbocycles. The predicted molar refractivity (Wildman–Crippen MR) is 77.5 cm³/mol. The van der Waals surface area contributed by atoms with Crippen molar-refractivity contribution in [1.29, 1.82) is 0 Å². The van der Waals surface area contributed by atoms with Crippen LogP contribution < -0.4 is 0 Å². The highest BCUT2D eigenvalue weighted by atomic mass is 16.4. The molecule has 0 aliphatic heterocycles. The number of benzene rings is 1. The molecule has 1 aliphatic carbocycles. The molecule has 2 heteroatoms. The fourth-order valence-corrected chi connectivity index (χ4v) is 3.07. The van der Waals surface area contributed by atoms with Crippen LogP contribution in [-0.2, 0) is 10.2 Å². The van der Waals surface area contributed by atoms with Gasteiger partial charge in [0.05, 0.1) is 0 Å². The Morgan fingerprint density at radius 3 is 2.37 bits per heavy atom. The third-order valence-electron chi connectivity index (χ3n) is 4.25. The van der Waals surface area contributed by atoms with Crippen molar-refractivity contribution in [2.75, 3.05) is 0 Å².